The molecule has 0 saturated carbocycles. The zero-order valence-electron chi connectivity index (χ0n) is 12.2. The van der Waals surface area contributed by atoms with Crippen LogP contribution in [0.25, 0.3) is 0 Å². The van der Waals surface area contributed by atoms with Gasteiger partial charge in [-0.05, 0) is 0 Å². The van der Waals surface area contributed by atoms with Crippen LogP contribution < -0.4 is 5.32 Å². The lowest BCUT2D eigenvalue weighted by atomic mass is 10.1. The molecule has 1 fully saturated rings. The fourth-order valence-corrected chi connectivity index (χ4v) is 1.90. The average Bonchev–Trinajstić information content (AvgIpc) is 3.09. The summed E-state index contributed by atoms with van der Waals surface area (Å²) in [5.74, 6) is -0.498. The van der Waals surface area contributed by atoms with Crippen molar-refractivity contribution in [3.05, 3.63) is 18.2 Å². The zero-order valence-corrected chi connectivity index (χ0v) is 12.2. The molecule has 1 saturated heterocycles. The molecule has 4 N–H and O–H groups in total. The minimum absolute atomic E-state index is 0.168. The average molecular weight is 313 g/mol. The lowest BCUT2D eigenvalue weighted by molar-refractivity contribution is -0.0457. The van der Waals surface area contributed by atoms with Crippen LogP contribution in [-0.2, 0) is 9.57 Å². The molecule has 0 unspecified atom stereocenters. The minimum atomic E-state index is -1.13. The lowest BCUT2D eigenvalue weighted by Gasteiger charge is -2.19. The SMILES string of the molecule is CN(C)/C=N/O[C@@H]1[C@H](O)[C@@H](CO)O[C@H]1NC(=O)c1c[nH]cn1. The molecule has 2 heterocycles. The quantitative estimate of drug-likeness (QED) is 0.274. The van der Waals surface area contributed by atoms with Crippen LogP contribution in [-0.4, -0.2) is 82.6 Å². The number of hydrogen-bond acceptors (Lipinski definition) is 7. The highest BCUT2D eigenvalue weighted by molar-refractivity contribution is 5.92. The summed E-state index contributed by atoms with van der Waals surface area (Å²) in [7, 11) is 3.50. The molecule has 1 aromatic rings. The number of amides is 1. The Morgan fingerprint density at radius 3 is 3.05 bits per heavy atom. The molecule has 1 amide bonds. The van der Waals surface area contributed by atoms with Crippen LogP contribution in [0.1, 0.15) is 10.5 Å². The molecule has 10 heteroatoms. The third-order valence-corrected chi connectivity index (χ3v) is 2.98. The van der Waals surface area contributed by atoms with E-state index in [1.165, 1.54) is 18.9 Å². The van der Waals surface area contributed by atoms with Crippen LogP contribution >= 0.6 is 0 Å². The maximum Gasteiger partial charge on any atom is 0.273 e. The van der Waals surface area contributed by atoms with Gasteiger partial charge in [-0.25, -0.2) is 4.98 Å². The van der Waals surface area contributed by atoms with Gasteiger partial charge in [-0.1, -0.05) is 5.16 Å². The second-order valence-corrected chi connectivity index (χ2v) is 4.95. The van der Waals surface area contributed by atoms with Gasteiger partial charge in [-0.15, -0.1) is 0 Å². The summed E-state index contributed by atoms with van der Waals surface area (Å²) in [6.45, 7) is -0.410. The number of carbonyl (C=O) groups is 1. The summed E-state index contributed by atoms with van der Waals surface area (Å²) in [6, 6.07) is 0. The van der Waals surface area contributed by atoms with E-state index in [4.69, 9.17) is 9.57 Å². The Bertz CT molecular complexity index is 506. The van der Waals surface area contributed by atoms with Crippen molar-refractivity contribution >= 4 is 12.2 Å². The van der Waals surface area contributed by atoms with Crippen LogP contribution in [0.5, 0.6) is 0 Å². The number of oxime groups is 1. The van der Waals surface area contributed by atoms with Crippen molar-refractivity contribution in [3.63, 3.8) is 0 Å². The van der Waals surface area contributed by atoms with Gasteiger partial charge in [0, 0.05) is 20.3 Å². The number of imidazole rings is 1. The molecule has 0 aromatic carbocycles. The first kappa shape index (κ1) is 16.2. The predicted octanol–water partition coefficient (Wildman–Crippen LogP) is -1.89. The van der Waals surface area contributed by atoms with Crippen LogP contribution in [0.15, 0.2) is 17.7 Å². The summed E-state index contributed by atoms with van der Waals surface area (Å²) in [6.07, 6.45) is 0.269. The number of rotatable bonds is 6. The Hall–Kier alpha value is -2.17. The van der Waals surface area contributed by atoms with Crippen molar-refractivity contribution in [1.82, 2.24) is 20.2 Å². The van der Waals surface area contributed by atoms with Crippen LogP contribution in [0, 0.1) is 0 Å². The van der Waals surface area contributed by atoms with Gasteiger partial charge in [-0.3, -0.25) is 4.79 Å². The number of ether oxygens (including phenoxy) is 1. The Kier molecular flexibility index (Phi) is 5.31. The van der Waals surface area contributed by atoms with Crippen LogP contribution in [0.2, 0.25) is 0 Å². The number of nitrogens with one attached hydrogen (secondary N) is 2. The molecule has 0 spiro atoms. The molecular formula is C12H19N5O5. The van der Waals surface area contributed by atoms with Gasteiger partial charge < -0.3 is 35.0 Å². The number of hydrogen-bond donors (Lipinski definition) is 4. The van der Waals surface area contributed by atoms with Gasteiger partial charge in [0.2, 0.25) is 0 Å². The normalized spacial score (nSPS) is 28.0. The van der Waals surface area contributed by atoms with Gasteiger partial charge in [0.05, 0.1) is 12.9 Å². The monoisotopic (exact) mass is 313 g/mol. The topological polar surface area (TPSA) is 132 Å². The predicted molar refractivity (Wildman–Crippen MR) is 74.9 cm³/mol. The molecule has 1 aliphatic heterocycles. The molecule has 10 nitrogen and oxygen atoms in total. The Morgan fingerprint density at radius 2 is 2.45 bits per heavy atom. The third-order valence-electron chi connectivity index (χ3n) is 2.98. The zero-order chi connectivity index (χ0) is 16.1. The smallest absolute Gasteiger partial charge is 0.273 e. The Balaban J connectivity index is 2.03. The molecule has 1 aliphatic rings. The summed E-state index contributed by atoms with van der Waals surface area (Å²) < 4.78 is 5.38. The highest BCUT2D eigenvalue weighted by Gasteiger charge is 2.46. The summed E-state index contributed by atoms with van der Waals surface area (Å²) in [5, 5.41) is 25.5. The van der Waals surface area contributed by atoms with E-state index in [9.17, 15) is 15.0 Å². The molecule has 1 aromatic heterocycles. The number of aliphatic hydroxyl groups excluding tert-OH is 2. The first-order chi connectivity index (χ1) is 10.5. The first-order valence-electron chi connectivity index (χ1n) is 6.62. The van der Waals surface area contributed by atoms with Crippen molar-refractivity contribution < 1.29 is 24.6 Å². The van der Waals surface area contributed by atoms with Gasteiger partial charge in [0.1, 0.15) is 24.2 Å². The highest BCUT2D eigenvalue weighted by Crippen LogP contribution is 2.22. The van der Waals surface area contributed by atoms with Crippen molar-refractivity contribution in [1.29, 1.82) is 0 Å². The maximum absolute atomic E-state index is 12.0. The molecule has 122 valence electrons. The fraction of sp³-hybridized carbons (Fsp3) is 0.583. The molecule has 4 atom stereocenters. The van der Waals surface area contributed by atoms with Crippen molar-refractivity contribution in [2.75, 3.05) is 20.7 Å². The van der Waals surface area contributed by atoms with Gasteiger partial charge in [0.25, 0.3) is 5.91 Å². The number of nitrogens with zero attached hydrogens (tertiary/aromatic N) is 3. The van der Waals surface area contributed by atoms with Gasteiger partial charge in [-0.2, -0.15) is 0 Å². The number of aliphatic hydroxyl groups is 2. The molecule has 0 bridgehead atoms. The molecule has 22 heavy (non-hydrogen) atoms. The van der Waals surface area contributed by atoms with E-state index in [1.54, 1.807) is 19.0 Å². The highest BCUT2D eigenvalue weighted by atomic mass is 16.7. The third kappa shape index (κ3) is 3.72. The fourth-order valence-electron chi connectivity index (χ4n) is 1.90. The standard InChI is InChI=1S/C12H19N5O5/c1-17(2)6-15-22-10-9(19)8(4-18)21-12(10)16-11(20)7-3-13-5-14-7/h3,5-6,8-10,12,18-19H,4H2,1-2H3,(H,13,14)(H,16,20)/b15-6+/t8-,9-,10-,12-/m1/s1. The van der Waals surface area contributed by atoms with E-state index in [-0.39, 0.29) is 5.69 Å². The first-order valence-corrected chi connectivity index (χ1v) is 6.62. The summed E-state index contributed by atoms with van der Waals surface area (Å²) >= 11 is 0. The van der Waals surface area contributed by atoms with E-state index < -0.39 is 37.1 Å². The molecular weight excluding hydrogens is 294 g/mol. The second-order valence-electron chi connectivity index (χ2n) is 4.95. The van der Waals surface area contributed by atoms with E-state index in [0.29, 0.717) is 0 Å². The van der Waals surface area contributed by atoms with Gasteiger partial charge >= 0.3 is 0 Å². The largest absolute Gasteiger partial charge is 0.394 e. The molecule has 0 radical (unpaired) electrons. The number of aromatic amines is 1. The second kappa shape index (κ2) is 7.20. The van der Waals surface area contributed by atoms with Gasteiger partial charge in [0.15, 0.2) is 12.3 Å². The summed E-state index contributed by atoms with van der Waals surface area (Å²) in [4.78, 5) is 25.3. The molecule has 0 aliphatic carbocycles. The Morgan fingerprint density at radius 1 is 1.68 bits per heavy atom. The maximum atomic E-state index is 12.0. The van der Waals surface area contributed by atoms with E-state index in [1.807, 2.05) is 0 Å². The van der Waals surface area contributed by atoms with Crippen LogP contribution in [0.3, 0.4) is 0 Å². The van der Waals surface area contributed by atoms with Crippen LogP contribution in [0.4, 0.5) is 0 Å². The lowest BCUT2D eigenvalue weighted by Crippen LogP contribution is -2.45. The van der Waals surface area contributed by atoms with Crippen molar-refractivity contribution in [2.45, 2.75) is 24.5 Å². The minimum Gasteiger partial charge on any atom is -0.394 e. The van der Waals surface area contributed by atoms with E-state index in [2.05, 4.69) is 20.4 Å². The number of carbonyl (C=O) groups excluding carboxylic acids is 1. The molecule has 2 rings (SSSR count). The summed E-state index contributed by atoms with van der Waals surface area (Å²) in [5.41, 5.74) is 0.168. The van der Waals surface area contributed by atoms with E-state index >= 15 is 0 Å². The number of H-pyrrole nitrogens is 1. The van der Waals surface area contributed by atoms with E-state index in [0.717, 1.165) is 0 Å². The van der Waals surface area contributed by atoms with Crippen molar-refractivity contribution in [3.8, 4) is 0 Å². The number of aromatic nitrogens is 2. The van der Waals surface area contributed by atoms with Crippen molar-refractivity contribution in [2.24, 2.45) is 5.16 Å². The Labute approximate surface area is 126 Å².